The van der Waals surface area contributed by atoms with E-state index in [1.807, 2.05) is 0 Å². The van der Waals surface area contributed by atoms with Crippen LogP contribution >= 0.6 is 27.3 Å². The van der Waals surface area contributed by atoms with Gasteiger partial charge in [0.2, 0.25) is 0 Å². The Labute approximate surface area is 265 Å². The van der Waals surface area contributed by atoms with E-state index in [1.165, 1.54) is 30.9 Å². The van der Waals surface area contributed by atoms with Gasteiger partial charge in [0.05, 0.1) is 47.6 Å². The number of likely N-dealkylation sites (N-methyl/N-ethyl adjacent to an activating group) is 1. The minimum absolute atomic E-state index is 0.0746. The first kappa shape index (κ1) is 31.4. The van der Waals surface area contributed by atoms with Gasteiger partial charge in [-0.3, -0.25) is 19.5 Å². The Balaban J connectivity index is 1.74. The third-order valence-electron chi connectivity index (χ3n) is 7.67. The molecule has 0 amide bonds. The summed E-state index contributed by atoms with van der Waals surface area (Å²) in [4.78, 5) is 48.3. The van der Waals surface area contributed by atoms with Crippen molar-refractivity contribution in [2.75, 3.05) is 59.0 Å². The van der Waals surface area contributed by atoms with E-state index in [2.05, 4.69) is 37.8 Å². The molecule has 3 aromatic rings. The van der Waals surface area contributed by atoms with Gasteiger partial charge < -0.3 is 24.0 Å². The molecule has 5 rings (SSSR count). The Hall–Kier alpha value is -4.01. The van der Waals surface area contributed by atoms with Crippen molar-refractivity contribution in [1.82, 2.24) is 9.47 Å². The Bertz CT molecular complexity index is 1840. The van der Waals surface area contributed by atoms with Crippen LogP contribution in [0.4, 0.5) is 11.4 Å². The molecule has 14 heteroatoms. The molecule has 0 bridgehead atoms. The van der Waals surface area contributed by atoms with Gasteiger partial charge in [0.15, 0.2) is 16.3 Å². The number of fused-ring (bicyclic) bond motifs is 1. The summed E-state index contributed by atoms with van der Waals surface area (Å²) < 4.78 is 18.8. The summed E-state index contributed by atoms with van der Waals surface area (Å²) in [5.74, 6) is 0.292. The van der Waals surface area contributed by atoms with E-state index in [-0.39, 0.29) is 17.9 Å². The fourth-order valence-electron chi connectivity index (χ4n) is 5.41. The van der Waals surface area contributed by atoms with Crippen LogP contribution in [0.25, 0.3) is 6.08 Å². The molecule has 0 N–H and O–H groups in total. The van der Waals surface area contributed by atoms with Crippen LogP contribution in [-0.4, -0.2) is 74.4 Å². The lowest BCUT2D eigenvalue weighted by atomic mass is 9.95. The molecule has 232 valence electrons. The number of rotatable bonds is 8. The second-order valence-electron chi connectivity index (χ2n) is 10.3. The zero-order chi connectivity index (χ0) is 31.7. The van der Waals surface area contributed by atoms with Crippen molar-refractivity contribution in [3.05, 3.63) is 87.0 Å². The number of piperazine rings is 1. The number of hydrogen-bond donors (Lipinski definition) is 0. The molecule has 2 aromatic carbocycles. The number of nitro benzene ring substituents is 1. The number of allylic oxidation sites excluding steroid dienone is 1. The van der Waals surface area contributed by atoms with Crippen LogP contribution in [0.15, 0.2) is 55.9 Å². The lowest BCUT2D eigenvalue weighted by Crippen LogP contribution is -2.44. The number of carbonyl (C=O) groups excluding carboxylic acids is 1. The third-order valence-corrected chi connectivity index (χ3v) is 9.34. The summed E-state index contributed by atoms with van der Waals surface area (Å²) >= 11 is 4.76. The zero-order valence-corrected chi connectivity index (χ0v) is 27.4. The standard InChI is InChI=1S/C30H32BrN5O7S/c1-6-43-29(38)26-17(2)32-30-35(27(26)20-15-23(41-4)24(42-5)16-21(20)31)28(37)25(44-30)14-18-13-19(36(39)40)7-8-22(18)34-11-9-33(3)10-12-34/h7-8,13-16,27H,6,9-12H2,1-5H3/b25-14-. The van der Waals surface area contributed by atoms with Gasteiger partial charge in [0.25, 0.3) is 11.2 Å². The average molecular weight is 687 g/mol. The molecule has 1 aromatic heterocycles. The maximum absolute atomic E-state index is 14.3. The summed E-state index contributed by atoms with van der Waals surface area (Å²) in [7, 11) is 5.07. The first-order chi connectivity index (χ1) is 21.1. The van der Waals surface area contributed by atoms with Crippen LogP contribution in [0.5, 0.6) is 11.5 Å². The fourth-order valence-corrected chi connectivity index (χ4v) is 6.99. The summed E-state index contributed by atoms with van der Waals surface area (Å²) in [5.41, 5.74) is 2.08. The van der Waals surface area contributed by atoms with E-state index >= 15 is 0 Å². The van der Waals surface area contributed by atoms with Gasteiger partial charge in [-0.25, -0.2) is 9.79 Å². The first-order valence-electron chi connectivity index (χ1n) is 13.9. The van der Waals surface area contributed by atoms with Crippen molar-refractivity contribution in [3.63, 3.8) is 0 Å². The Morgan fingerprint density at radius 3 is 2.48 bits per heavy atom. The minimum atomic E-state index is -0.899. The summed E-state index contributed by atoms with van der Waals surface area (Å²) in [6, 6.07) is 7.24. The molecule has 1 saturated heterocycles. The molecular formula is C30H32BrN5O7S. The van der Waals surface area contributed by atoms with E-state index in [9.17, 15) is 19.7 Å². The zero-order valence-electron chi connectivity index (χ0n) is 25.0. The maximum atomic E-state index is 14.3. The van der Waals surface area contributed by atoms with E-state index in [0.29, 0.717) is 42.1 Å². The van der Waals surface area contributed by atoms with Gasteiger partial charge >= 0.3 is 5.97 Å². The summed E-state index contributed by atoms with van der Waals surface area (Å²) in [6.45, 7) is 6.72. The van der Waals surface area contributed by atoms with Gasteiger partial charge in [-0.2, -0.15) is 0 Å². The molecule has 44 heavy (non-hydrogen) atoms. The molecule has 12 nitrogen and oxygen atoms in total. The molecule has 1 unspecified atom stereocenters. The number of aromatic nitrogens is 1. The number of halogens is 1. The summed E-state index contributed by atoms with van der Waals surface area (Å²) in [5, 5.41) is 11.7. The maximum Gasteiger partial charge on any atom is 0.338 e. The number of nitrogens with zero attached hydrogens (tertiary/aromatic N) is 5. The van der Waals surface area contributed by atoms with Crippen LogP contribution < -0.4 is 29.3 Å². The highest BCUT2D eigenvalue weighted by Gasteiger charge is 2.35. The predicted octanol–water partition coefficient (Wildman–Crippen LogP) is 3.24. The quantitative estimate of drug-likeness (QED) is 0.199. The van der Waals surface area contributed by atoms with Crippen molar-refractivity contribution < 1.29 is 23.9 Å². The number of methoxy groups -OCH3 is 2. The number of non-ortho nitro benzene ring substituents is 1. The van der Waals surface area contributed by atoms with Crippen molar-refractivity contribution in [2.45, 2.75) is 19.9 Å². The van der Waals surface area contributed by atoms with Gasteiger partial charge in [0, 0.05) is 54.0 Å². The highest BCUT2D eigenvalue weighted by Crippen LogP contribution is 2.41. The Kier molecular flexibility index (Phi) is 9.23. The van der Waals surface area contributed by atoms with E-state index < -0.39 is 22.5 Å². The molecular weight excluding hydrogens is 654 g/mol. The van der Waals surface area contributed by atoms with Crippen molar-refractivity contribution in [1.29, 1.82) is 0 Å². The molecule has 0 spiro atoms. The number of benzene rings is 2. The smallest absolute Gasteiger partial charge is 0.338 e. The number of thiazole rings is 1. The normalized spacial score (nSPS) is 17.3. The van der Waals surface area contributed by atoms with Crippen molar-refractivity contribution >= 4 is 50.7 Å². The molecule has 3 heterocycles. The number of esters is 1. The topological polar surface area (TPSA) is 129 Å². The van der Waals surface area contributed by atoms with Crippen LogP contribution in [0.1, 0.15) is 31.0 Å². The number of carbonyl (C=O) groups is 1. The minimum Gasteiger partial charge on any atom is -0.493 e. The molecule has 0 aliphatic carbocycles. The highest BCUT2D eigenvalue weighted by atomic mass is 79.9. The SMILES string of the molecule is CCOC(=O)C1=C(C)N=c2s/c(=C\c3cc([N+](=O)[O-])ccc3N3CCN(C)CC3)c(=O)n2C1c1cc(OC)c(OC)cc1Br. The number of anilines is 1. The lowest BCUT2D eigenvalue weighted by Gasteiger charge is -2.34. The van der Waals surface area contributed by atoms with Crippen LogP contribution in [0.2, 0.25) is 0 Å². The molecule has 1 fully saturated rings. The number of ether oxygens (including phenoxy) is 3. The fraction of sp³-hybridized carbons (Fsp3) is 0.367. The van der Waals surface area contributed by atoms with Crippen molar-refractivity contribution in [2.24, 2.45) is 4.99 Å². The molecule has 1 atom stereocenters. The van der Waals surface area contributed by atoms with E-state index in [1.54, 1.807) is 38.1 Å². The van der Waals surface area contributed by atoms with Gasteiger partial charge in [0.1, 0.15) is 0 Å². The lowest BCUT2D eigenvalue weighted by molar-refractivity contribution is -0.384. The van der Waals surface area contributed by atoms with Crippen LogP contribution in [-0.2, 0) is 9.53 Å². The number of nitro groups is 1. The highest BCUT2D eigenvalue weighted by molar-refractivity contribution is 9.10. The van der Waals surface area contributed by atoms with Crippen LogP contribution in [0, 0.1) is 10.1 Å². The van der Waals surface area contributed by atoms with Gasteiger partial charge in [-0.05, 0) is 50.7 Å². The van der Waals surface area contributed by atoms with Gasteiger partial charge in [-0.1, -0.05) is 27.3 Å². The Morgan fingerprint density at radius 2 is 1.84 bits per heavy atom. The second kappa shape index (κ2) is 12.9. The van der Waals surface area contributed by atoms with E-state index in [0.717, 1.165) is 43.2 Å². The van der Waals surface area contributed by atoms with Crippen molar-refractivity contribution in [3.8, 4) is 11.5 Å². The van der Waals surface area contributed by atoms with Crippen LogP contribution in [0.3, 0.4) is 0 Å². The number of hydrogen-bond acceptors (Lipinski definition) is 11. The summed E-state index contributed by atoms with van der Waals surface area (Å²) in [6.07, 6.45) is 1.68. The molecule has 0 radical (unpaired) electrons. The van der Waals surface area contributed by atoms with Gasteiger partial charge in [-0.15, -0.1) is 0 Å². The third kappa shape index (κ3) is 5.88. The largest absolute Gasteiger partial charge is 0.493 e. The Morgan fingerprint density at radius 1 is 1.16 bits per heavy atom. The first-order valence-corrected chi connectivity index (χ1v) is 15.5. The predicted molar refractivity (Wildman–Crippen MR) is 170 cm³/mol. The molecule has 0 saturated carbocycles. The average Bonchev–Trinajstić information content (AvgIpc) is 3.30. The monoisotopic (exact) mass is 685 g/mol. The molecule has 2 aliphatic heterocycles. The van der Waals surface area contributed by atoms with E-state index in [4.69, 9.17) is 14.2 Å². The molecule has 2 aliphatic rings. The second-order valence-corrected chi connectivity index (χ2v) is 12.2.